The van der Waals surface area contributed by atoms with Crippen molar-refractivity contribution >= 4 is 17.5 Å². The molecule has 2 aromatic rings. The summed E-state index contributed by atoms with van der Waals surface area (Å²) in [7, 11) is 0. The van der Waals surface area contributed by atoms with E-state index in [2.05, 4.69) is 10.3 Å². The Labute approximate surface area is 151 Å². The lowest BCUT2D eigenvalue weighted by Gasteiger charge is -2.17. The molecule has 7 heteroatoms. The van der Waals surface area contributed by atoms with Crippen molar-refractivity contribution in [3.05, 3.63) is 54.0 Å². The van der Waals surface area contributed by atoms with Crippen LogP contribution in [0, 0.1) is 11.7 Å². The quantitative estimate of drug-likeness (QED) is 0.861. The molecule has 1 aliphatic heterocycles. The topological polar surface area (TPSA) is 71.5 Å². The van der Waals surface area contributed by atoms with E-state index in [1.165, 1.54) is 17.0 Å². The normalized spacial score (nSPS) is 16.6. The van der Waals surface area contributed by atoms with Crippen LogP contribution in [0.5, 0.6) is 5.88 Å². The Bertz CT molecular complexity index is 812. The number of pyridine rings is 1. The van der Waals surface area contributed by atoms with Gasteiger partial charge >= 0.3 is 0 Å². The van der Waals surface area contributed by atoms with E-state index in [1.54, 1.807) is 24.4 Å². The van der Waals surface area contributed by atoms with Gasteiger partial charge in [-0.25, -0.2) is 9.37 Å². The zero-order valence-electron chi connectivity index (χ0n) is 14.4. The number of rotatable bonds is 6. The van der Waals surface area contributed by atoms with Gasteiger partial charge in [0.15, 0.2) is 0 Å². The van der Waals surface area contributed by atoms with Crippen LogP contribution < -0.4 is 15.0 Å². The van der Waals surface area contributed by atoms with E-state index in [0.29, 0.717) is 12.5 Å². The summed E-state index contributed by atoms with van der Waals surface area (Å²) in [6.07, 6.45) is 1.68. The fraction of sp³-hybridized carbons (Fsp3) is 0.316. The van der Waals surface area contributed by atoms with Gasteiger partial charge in [0.2, 0.25) is 17.7 Å². The minimum Gasteiger partial charge on any atom is -0.478 e. The lowest BCUT2D eigenvalue weighted by Crippen LogP contribution is -2.33. The standard InChI is InChI=1S/C19H20FN3O3/c1-2-26-19-13(6-5-9-21-19)11-22-18(25)14-10-17(24)23(12-14)16-8-4-3-7-15(16)20/h3-9,14H,2,10-12H2,1H3,(H,22,25)/t14-/m1/s1. The van der Waals surface area contributed by atoms with Crippen molar-refractivity contribution in [2.24, 2.45) is 5.92 Å². The van der Waals surface area contributed by atoms with Crippen molar-refractivity contribution in [2.45, 2.75) is 19.9 Å². The van der Waals surface area contributed by atoms with Gasteiger partial charge in [0.1, 0.15) is 5.82 Å². The molecular weight excluding hydrogens is 337 g/mol. The number of benzene rings is 1. The zero-order valence-corrected chi connectivity index (χ0v) is 14.4. The van der Waals surface area contributed by atoms with Crippen LogP contribution in [0.1, 0.15) is 18.9 Å². The molecule has 1 saturated heterocycles. The van der Waals surface area contributed by atoms with Crippen LogP contribution in [0.2, 0.25) is 0 Å². The molecule has 1 aromatic carbocycles. The van der Waals surface area contributed by atoms with Gasteiger partial charge in [-0.2, -0.15) is 0 Å². The van der Waals surface area contributed by atoms with Crippen LogP contribution in [-0.2, 0) is 16.1 Å². The first-order chi connectivity index (χ1) is 12.6. The third-order valence-corrected chi connectivity index (χ3v) is 4.22. The van der Waals surface area contributed by atoms with Crippen molar-refractivity contribution in [3.63, 3.8) is 0 Å². The Hall–Kier alpha value is -2.96. The highest BCUT2D eigenvalue weighted by atomic mass is 19.1. The van der Waals surface area contributed by atoms with Gasteiger partial charge in [-0.15, -0.1) is 0 Å². The van der Waals surface area contributed by atoms with E-state index in [-0.39, 0.29) is 37.0 Å². The van der Waals surface area contributed by atoms with E-state index < -0.39 is 11.7 Å². The molecule has 3 rings (SSSR count). The zero-order chi connectivity index (χ0) is 18.5. The Balaban J connectivity index is 1.63. The summed E-state index contributed by atoms with van der Waals surface area (Å²) >= 11 is 0. The lowest BCUT2D eigenvalue weighted by atomic mass is 10.1. The molecule has 2 heterocycles. The van der Waals surface area contributed by atoms with Gasteiger partial charge in [0, 0.05) is 31.3 Å². The Morgan fingerprint density at radius 2 is 2.15 bits per heavy atom. The first kappa shape index (κ1) is 17.8. The molecule has 0 bridgehead atoms. The van der Waals surface area contributed by atoms with Gasteiger partial charge in [0.05, 0.1) is 18.2 Å². The van der Waals surface area contributed by atoms with E-state index in [0.717, 1.165) is 5.56 Å². The van der Waals surface area contributed by atoms with Gasteiger partial charge < -0.3 is 15.0 Å². The van der Waals surface area contributed by atoms with E-state index in [4.69, 9.17) is 4.74 Å². The van der Waals surface area contributed by atoms with Crippen molar-refractivity contribution < 1.29 is 18.7 Å². The smallest absolute Gasteiger partial charge is 0.227 e. The Kier molecular flexibility index (Phi) is 5.46. The summed E-state index contributed by atoms with van der Waals surface area (Å²) < 4.78 is 19.3. The second kappa shape index (κ2) is 7.95. The maximum Gasteiger partial charge on any atom is 0.227 e. The molecule has 26 heavy (non-hydrogen) atoms. The van der Waals surface area contributed by atoms with E-state index in [1.807, 2.05) is 13.0 Å². The molecule has 136 valence electrons. The molecular formula is C19H20FN3O3. The first-order valence-electron chi connectivity index (χ1n) is 8.49. The summed E-state index contributed by atoms with van der Waals surface area (Å²) in [5.74, 6) is -1.02. The average Bonchev–Trinajstić information content (AvgIpc) is 3.03. The van der Waals surface area contributed by atoms with Gasteiger partial charge in [-0.1, -0.05) is 18.2 Å². The molecule has 0 aliphatic carbocycles. The predicted molar refractivity (Wildman–Crippen MR) is 94.1 cm³/mol. The molecule has 1 aliphatic rings. The fourth-order valence-corrected chi connectivity index (χ4v) is 2.94. The van der Waals surface area contributed by atoms with Crippen molar-refractivity contribution in [1.82, 2.24) is 10.3 Å². The number of anilines is 1. The summed E-state index contributed by atoms with van der Waals surface area (Å²) in [4.78, 5) is 30.1. The lowest BCUT2D eigenvalue weighted by molar-refractivity contribution is -0.126. The third-order valence-electron chi connectivity index (χ3n) is 4.22. The number of aromatic nitrogens is 1. The van der Waals surface area contributed by atoms with Gasteiger partial charge in [-0.3, -0.25) is 9.59 Å². The number of carbonyl (C=O) groups excluding carboxylic acids is 2. The molecule has 0 unspecified atom stereocenters. The van der Waals surface area contributed by atoms with Crippen LogP contribution in [0.15, 0.2) is 42.6 Å². The maximum absolute atomic E-state index is 13.9. The second-order valence-electron chi connectivity index (χ2n) is 5.98. The molecule has 1 aromatic heterocycles. The third kappa shape index (κ3) is 3.82. The minimum atomic E-state index is -0.519. The Morgan fingerprint density at radius 1 is 1.35 bits per heavy atom. The molecule has 1 atom stereocenters. The number of halogens is 1. The number of hydrogen-bond donors (Lipinski definition) is 1. The van der Waals surface area contributed by atoms with E-state index >= 15 is 0 Å². The number of para-hydroxylation sites is 1. The Morgan fingerprint density at radius 3 is 2.92 bits per heavy atom. The summed E-state index contributed by atoms with van der Waals surface area (Å²) in [6, 6.07) is 9.65. The van der Waals surface area contributed by atoms with Crippen LogP contribution in [0.4, 0.5) is 10.1 Å². The first-order valence-corrected chi connectivity index (χ1v) is 8.49. The van der Waals surface area contributed by atoms with Crippen LogP contribution >= 0.6 is 0 Å². The van der Waals surface area contributed by atoms with Crippen molar-refractivity contribution in [3.8, 4) is 5.88 Å². The SMILES string of the molecule is CCOc1ncccc1CNC(=O)[C@@H]1CC(=O)N(c2ccccc2F)C1. The molecule has 2 amide bonds. The minimum absolute atomic E-state index is 0.0610. The summed E-state index contributed by atoms with van der Waals surface area (Å²) in [6.45, 7) is 2.76. The fourth-order valence-electron chi connectivity index (χ4n) is 2.94. The molecule has 0 spiro atoms. The molecule has 1 N–H and O–H groups in total. The molecule has 0 radical (unpaired) electrons. The summed E-state index contributed by atoms with van der Waals surface area (Å²) in [5, 5.41) is 2.82. The largest absolute Gasteiger partial charge is 0.478 e. The van der Waals surface area contributed by atoms with Crippen LogP contribution in [0.25, 0.3) is 0 Å². The van der Waals surface area contributed by atoms with Crippen molar-refractivity contribution in [1.29, 1.82) is 0 Å². The number of hydrogen-bond acceptors (Lipinski definition) is 4. The molecule has 0 saturated carbocycles. The monoisotopic (exact) mass is 357 g/mol. The van der Waals surface area contributed by atoms with E-state index in [9.17, 15) is 14.0 Å². The predicted octanol–water partition coefficient (Wildman–Crippen LogP) is 2.29. The number of nitrogens with one attached hydrogen (secondary N) is 1. The van der Waals surface area contributed by atoms with Gasteiger partial charge in [0.25, 0.3) is 0 Å². The molecule has 1 fully saturated rings. The highest BCUT2D eigenvalue weighted by Gasteiger charge is 2.36. The maximum atomic E-state index is 13.9. The number of nitrogens with zero attached hydrogens (tertiary/aromatic N) is 2. The highest BCUT2D eigenvalue weighted by molar-refractivity contribution is 6.00. The van der Waals surface area contributed by atoms with Gasteiger partial charge in [-0.05, 0) is 25.1 Å². The second-order valence-corrected chi connectivity index (χ2v) is 5.98. The number of amides is 2. The highest BCUT2D eigenvalue weighted by Crippen LogP contribution is 2.27. The van der Waals surface area contributed by atoms with Crippen molar-refractivity contribution in [2.75, 3.05) is 18.1 Å². The number of carbonyl (C=O) groups is 2. The summed E-state index contributed by atoms with van der Waals surface area (Å²) in [5.41, 5.74) is 0.969. The molecule has 6 nitrogen and oxygen atoms in total. The van der Waals surface area contributed by atoms with Crippen LogP contribution in [-0.4, -0.2) is 29.9 Å². The number of ether oxygens (including phenoxy) is 1. The van der Waals surface area contributed by atoms with Crippen LogP contribution in [0.3, 0.4) is 0 Å². The average molecular weight is 357 g/mol.